The number of aromatic nitrogens is 3. The average Bonchev–Trinajstić information content (AvgIpc) is 3.55. The molecule has 35 heavy (non-hydrogen) atoms. The first kappa shape index (κ1) is 21.2. The van der Waals surface area contributed by atoms with Crippen LogP contribution < -0.4 is 15.6 Å². The van der Waals surface area contributed by atoms with Crippen LogP contribution in [-0.4, -0.2) is 27.3 Å². The third kappa shape index (κ3) is 4.08. The van der Waals surface area contributed by atoms with Crippen molar-refractivity contribution in [3.8, 4) is 17.0 Å². The summed E-state index contributed by atoms with van der Waals surface area (Å²) in [5.74, 6) is 0.507. The van der Waals surface area contributed by atoms with E-state index in [-0.39, 0.29) is 17.8 Å². The van der Waals surface area contributed by atoms with Crippen LogP contribution in [0.15, 0.2) is 83.0 Å². The second-order valence-electron chi connectivity index (χ2n) is 8.26. The van der Waals surface area contributed by atoms with Gasteiger partial charge in [-0.05, 0) is 35.4 Å². The first-order valence-electron chi connectivity index (χ1n) is 11.2. The van der Waals surface area contributed by atoms with Gasteiger partial charge in [0.15, 0.2) is 10.8 Å². The van der Waals surface area contributed by atoms with Crippen LogP contribution in [0.3, 0.4) is 0 Å². The van der Waals surface area contributed by atoms with Gasteiger partial charge < -0.3 is 4.74 Å². The normalized spacial score (nSPS) is 12.3. The minimum atomic E-state index is -0.411. The zero-order valence-electron chi connectivity index (χ0n) is 18.6. The van der Waals surface area contributed by atoms with E-state index >= 15 is 0 Å². The summed E-state index contributed by atoms with van der Waals surface area (Å²) in [6.07, 6.45) is 0.883. The number of nitrogens with one attached hydrogen (secondary N) is 1. The number of hydrogen-bond acceptors (Lipinski definition) is 6. The number of thiazole rings is 1. The molecule has 0 aliphatic carbocycles. The number of benzene rings is 3. The highest BCUT2D eigenvalue weighted by molar-refractivity contribution is 7.14. The summed E-state index contributed by atoms with van der Waals surface area (Å²) < 4.78 is 6.92. The number of amides is 1. The topological polar surface area (TPSA) is 86.1 Å². The second-order valence-corrected chi connectivity index (χ2v) is 9.11. The molecule has 0 bridgehead atoms. The molecular weight excluding hydrogens is 460 g/mol. The third-order valence-electron chi connectivity index (χ3n) is 5.97. The fraction of sp³-hybridized carbons (Fsp3) is 0.111. The van der Waals surface area contributed by atoms with E-state index in [2.05, 4.69) is 21.5 Å². The van der Waals surface area contributed by atoms with Crippen LogP contribution in [-0.2, 0) is 13.0 Å². The van der Waals surface area contributed by atoms with Gasteiger partial charge in [0.25, 0.3) is 11.5 Å². The second kappa shape index (κ2) is 8.81. The van der Waals surface area contributed by atoms with Crippen molar-refractivity contribution in [3.05, 3.63) is 105 Å². The summed E-state index contributed by atoms with van der Waals surface area (Å²) in [6.45, 7) is 0.971. The Hall–Kier alpha value is -4.30. The maximum Gasteiger partial charge on any atom is 0.278 e. The van der Waals surface area contributed by atoms with Gasteiger partial charge in [0.1, 0.15) is 5.75 Å². The standard InChI is InChI=1S/C27H20N4O3S/c32-25(29-27-28-22(16-35-27)18-10-11-23-19(14-18)12-13-34-23)24-20-8-4-5-9-21(20)26(33)31(30-24)15-17-6-2-1-3-7-17/h1-11,14,16H,12-13,15H2,(H,28,29,32). The number of hydrogen-bond donors (Lipinski definition) is 1. The molecule has 8 heteroatoms. The Morgan fingerprint density at radius 1 is 1.03 bits per heavy atom. The Morgan fingerprint density at radius 3 is 2.69 bits per heavy atom. The van der Waals surface area contributed by atoms with E-state index in [1.165, 1.54) is 16.0 Å². The summed E-state index contributed by atoms with van der Waals surface area (Å²) >= 11 is 1.35. The highest BCUT2D eigenvalue weighted by atomic mass is 32.1. The predicted molar refractivity (Wildman–Crippen MR) is 136 cm³/mol. The van der Waals surface area contributed by atoms with Gasteiger partial charge in [-0.2, -0.15) is 5.10 Å². The molecule has 0 radical (unpaired) electrons. The molecule has 5 aromatic rings. The number of ether oxygens (including phenoxy) is 1. The van der Waals surface area contributed by atoms with Gasteiger partial charge in [-0.1, -0.05) is 48.5 Å². The van der Waals surface area contributed by atoms with E-state index < -0.39 is 5.91 Å². The van der Waals surface area contributed by atoms with Crippen LogP contribution in [0.1, 0.15) is 21.6 Å². The molecule has 3 heterocycles. The lowest BCUT2D eigenvalue weighted by Crippen LogP contribution is -2.28. The summed E-state index contributed by atoms with van der Waals surface area (Å²) in [7, 11) is 0. The van der Waals surface area contributed by atoms with E-state index in [0.29, 0.717) is 22.5 Å². The lowest BCUT2D eigenvalue weighted by atomic mass is 10.1. The zero-order valence-corrected chi connectivity index (χ0v) is 19.4. The van der Waals surface area contributed by atoms with Crippen LogP contribution in [0.4, 0.5) is 5.13 Å². The average molecular weight is 481 g/mol. The van der Waals surface area contributed by atoms with Crippen LogP contribution >= 0.6 is 11.3 Å². The molecule has 0 saturated carbocycles. The van der Waals surface area contributed by atoms with E-state index in [1.807, 2.05) is 47.8 Å². The monoisotopic (exact) mass is 480 g/mol. The van der Waals surface area contributed by atoms with Crippen LogP contribution in [0, 0.1) is 0 Å². The molecule has 0 spiro atoms. The molecular formula is C27H20N4O3S. The van der Waals surface area contributed by atoms with E-state index in [0.717, 1.165) is 34.6 Å². The third-order valence-corrected chi connectivity index (χ3v) is 6.73. The quantitative estimate of drug-likeness (QED) is 0.392. The molecule has 0 saturated heterocycles. The van der Waals surface area contributed by atoms with Crippen molar-refractivity contribution >= 4 is 33.1 Å². The van der Waals surface area contributed by atoms with Crippen molar-refractivity contribution in [2.24, 2.45) is 0 Å². The number of nitrogens with zero attached hydrogens (tertiary/aromatic N) is 3. The highest BCUT2D eigenvalue weighted by Gasteiger charge is 2.19. The molecule has 1 amide bonds. The minimum absolute atomic E-state index is 0.183. The van der Waals surface area contributed by atoms with Crippen molar-refractivity contribution < 1.29 is 9.53 Å². The molecule has 7 nitrogen and oxygen atoms in total. The Bertz CT molecular complexity index is 1630. The van der Waals surface area contributed by atoms with Gasteiger partial charge in [0.2, 0.25) is 0 Å². The molecule has 2 aromatic heterocycles. The molecule has 0 unspecified atom stereocenters. The molecule has 1 aliphatic heterocycles. The van der Waals surface area contributed by atoms with Crippen molar-refractivity contribution in [3.63, 3.8) is 0 Å². The largest absolute Gasteiger partial charge is 0.493 e. The summed E-state index contributed by atoms with van der Waals surface area (Å²) in [4.78, 5) is 31.0. The van der Waals surface area contributed by atoms with Crippen LogP contribution in [0.5, 0.6) is 5.75 Å². The van der Waals surface area contributed by atoms with Crippen LogP contribution in [0.2, 0.25) is 0 Å². The molecule has 0 fully saturated rings. The first-order valence-corrected chi connectivity index (χ1v) is 12.1. The molecule has 0 atom stereocenters. The van der Waals surface area contributed by atoms with Crippen LogP contribution in [0.25, 0.3) is 22.0 Å². The number of carbonyl (C=O) groups is 1. The number of carbonyl (C=O) groups excluding carboxylic acids is 1. The van der Waals surface area contributed by atoms with E-state index in [4.69, 9.17) is 4.74 Å². The summed E-state index contributed by atoms with van der Waals surface area (Å²) in [5.41, 5.74) is 3.80. The molecule has 6 rings (SSSR count). The summed E-state index contributed by atoms with van der Waals surface area (Å²) in [6, 6.07) is 22.6. The minimum Gasteiger partial charge on any atom is -0.493 e. The van der Waals surface area contributed by atoms with E-state index in [9.17, 15) is 9.59 Å². The SMILES string of the molecule is O=C(Nc1nc(-c2ccc3c(c2)CCO3)cs1)c1nn(Cc2ccccc2)c(=O)c2ccccc12. The fourth-order valence-electron chi connectivity index (χ4n) is 4.23. The van der Waals surface area contributed by atoms with Crippen molar-refractivity contribution in [2.45, 2.75) is 13.0 Å². The molecule has 172 valence electrons. The smallest absolute Gasteiger partial charge is 0.278 e. The van der Waals surface area contributed by atoms with Gasteiger partial charge in [-0.25, -0.2) is 9.67 Å². The lowest BCUT2D eigenvalue weighted by Gasteiger charge is -2.11. The first-order chi connectivity index (χ1) is 17.2. The summed E-state index contributed by atoms with van der Waals surface area (Å²) in [5, 5.41) is 10.7. The van der Waals surface area contributed by atoms with Gasteiger partial charge in [0.05, 0.1) is 24.2 Å². The maximum atomic E-state index is 13.3. The van der Waals surface area contributed by atoms with Gasteiger partial charge in [0, 0.05) is 22.8 Å². The lowest BCUT2D eigenvalue weighted by molar-refractivity contribution is 0.102. The van der Waals surface area contributed by atoms with Gasteiger partial charge >= 0.3 is 0 Å². The Labute approximate surface area is 204 Å². The number of rotatable bonds is 5. The number of fused-ring (bicyclic) bond motifs is 2. The van der Waals surface area contributed by atoms with E-state index in [1.54, 1.807) is 24.3 Å². The molecule has 1 aliphatic rings. The van der Waals surface area contributed by atoms with Gasteiger partial charge in [-0.3, -0.25) is 14.9 Å². The van der Waals surface area contributed by atoms with Gasteiger partial charge in [-0.15, -0.1) is 11.3 Å². The highest BCUT2D eigenvalue weighted by Crippen LogP contribution is 2.32. The molecule has 3 aromatic carbocycles. The van der Waals surface area contributed by atoms with Crippen molar-refractivity contribution in [2.75, 3.05) is 11.9 Å². The fourth-order valence-corrected chi connectivity index (χ4v) is 4.95. The zero-order chi connectivity index (χ0) is 23.8. The molecule has 1 N–H and O–H groups in total. The Balaban J connectivity index is 1.32. The number of anilines is 1. The Morgan fingerprint density at radius 2 is 1.83 bits per heavy atom. The predicted octanol–water partition coefficient (Wildman–Crippen LogP) is 4.76. The van der Waals surface area contributed by atoms with Crippen molar-refractivity contribution in [1.82, 2.24) is 14.8 Å². The maximum absolute atomic E-state index is 13.3. The Kier molecular flexibility index (Phi) is 5.35. The van der Waals surface area contributed by atoms with Crippen molar-refractivity contribution in [1.29, 1.82) is 0 Å².